The molecule has 0 radical (unpaired) electrons. The molecule has 23 heavy (non-hydrogen) atoms. The van der Waals surface area contributed by atoms with Crippen LogP contribution in [0.15, 0.2) is 24.3 Å². The highest BCUT2D eigenvalue weighted by atomic mass is 16.7. The van der Waals surface area contributed by atoms with E-state index in [2.05, 4.69) is 31.2 Å². The van der Waals surface area contributed by atoms with Crippen LogP contribution in [0.3, 0.4) is 0 Å². The van der Waals surface area contributed by atoms with Crippen LogP contribution in [0.1, 0.15) is 45.2 Å². The van der Waals surface area contributed by atoms with Crippen LogP contribution in [-0.2, 0) is 27.2 Å². The lowest BCUT2D eigenvalue weighted by atomic mass is 10.1. The van der Waals surface area contributed by atoms with E-state index in [1.54, 1.807) is 6.92 Å². The third kappa shape index (κ3) is 5.28. The van der Waals surface area contributed by atoms with Crippen LogP contribution in [0.4, 0.5) is 0 Å². The highest BCUT2D eigenvalue weighted by Crippen LogP contribution is 2.24. The summed E-state index contributed by atoms with van der Waals surface area (Å²) in [6.07, 6.45) is 0.749. The minimum Gasteiger partial charge on any atom is -0.391 e. The van der Waals surface area contributed by atoms with E-state index in [-0.39, 0.29) is 24.4 Å². The van der Waals surface area contributed by atoms with E-state index in [1.165, 1.54) is 5.56 Å². The van der Waals surface area contributed by atoms with Crippen molar-refractivity contribution in [2.24, 2.45) is 5.92 Å². The average molecular weight is 322 g/mol. The van der Waals surface area contributed by atoms with Crippen molar-refractivity contribution in [1.82, 2.24) is 0 Å². The van der Waals surface area contributed by atoms with E-state index in [1.807, 2.05) is 13.8 Å². The SMILES string of the molecule is CCCc1cccc(CO[C@@H]2CO[C@H](C(C)C)O[C@@H]2C(C)O)c1. The van der Waals surface area contributed by atoms with Crippen LogP contribution >= 0.6 is 0 Å². The molecule has 1 aromatic rings. The smallest absolute Gasteiger partial charge is 0.160 e. The Bertz CT molecular complexity index is 472. The fourth-order valence-corrected chi connectivity index (χ4v) is 2.85. The number of hydrogen-bond acceptors (Lipinski definition) is 4. The van der Waals surface area contributed by atoms with Gasteiger partial charge in [0.25, 0.3) is 0 Å². The second-order valence-corrected chi connectivity index (χ2v) is 6.71. The van der Waals surface area contributed by atoms with Gasteiger partial charge in [0.05, 0.1) is 19.3 Å². The van der Waals surface area contributed by atoms with Gasteiger partial charge in [-0.1, -0.05) is 51.5 Å². The van der Waals surface area contributed by atoms with Crippen LogP contribution in [0, 0.1) is 5.92 Å². The lowest BCUT2D eigenvalue weighted by Gasteiger charge is -2.39. The Morgan fingerprint density at radius 1 is 1.26 bits per heavy atom. The van der Waals surface area contributed by atoms with Crippen LogP contribution in [0.25, 0.3) is 0 Å². The first-order valence-corrected chi connectivity index (χ1v) is 8.65. The van der Waals surface area contributed by atoms with Gasteiger partial charge >= 0.3 is 0 Å². The zero-order chi connectivity index (χ0) is 16.8. The van der Waals surface area contributed by atoms with Gasteiger partial charge in [-0.15, -0.1) is 0 Å². The molecule has 1 unspecified atom stereocenters. The highest BCUT2D eigenvalue weighted by Gasteiger charge is 2.36. The average Bonchev–Trinajstić information content (AvgIpc) is 2.53. The summed E-state index contributed by atoms with van der Waals surface area (Å²) in [4.78, 5) is 0. The maximum absolute atomic E-state index is 10.00. The fraction of sp³-hybridized carbons (Fsp3) is 0.684. The molecule has 4 nitrogen and oxygen atoms in total. The van der Waals surface area contributed by atoms with Crippen molar-refractivity contribution < 1.29 is 19.3 Å². The fourth-order valence-electron chi connectivity index (χ4n) is 2.85. The largest absolute Gasteiger partial charge is 0.391 e. The number of aryl methyl sites for hydroxylation is 1. The predicted octanol–water partition coefficient (Wildman–Crippen LogP) is 3.30. The number of aliphatic hydroxyl groups excluding tert-OH is 1. The summed E-state index contributed by atoms with van der Waals surface area (Å²) in [6, 6.07) is 8.46. The van der Waals surface area contributed by atoms with Crippen molar-refractivity contribution in [2.45, 2.75) is 71.7 Å². The molecule has 1 N–H and O–H groups in total. The van der Waals surface area contributed by atoms with Gasteiger partial charge in [0, 0.05) is 5.92 Å². The summed E-state index contributed by atoms with van der Waals surface area (Å²) >= 11 is 0. The molecule has 0 aliphatic carbocycles. The zero-order valence-corrected chi connectivity index (χ0v) is 14.7. The molecule has 1 aromatic carbocycles. The van der Waals surface area contributed by atoms with E-state index in [0.717, 1.165) is 18.4 Å². The van der Waals surface area contributed by atoms with E-state index in [4.69, 9.17) is 14.2 Å². The summed E-state index contributed by atoms with van der Waals surface area (Å²) in [5, 5.41) is 10.00. The molecule has 2 rings (SSSR count). The normalized spacial score (nSPS) is 26.4. The van der Waals surface area contributed by atoms with Crippen molar-refractivity contribution >= 4 is 0 Å². The topological polar surface area (TPSA) is 47.9 Å². The minimum atomic E-state index is -0.587. The van der Waals surface area contributed by atoms with Crippen LogP contribution in [-0.4, -0.2) is 36.3 Å². The second-order valence-electron chi connectivity index (χ2n) is 6.71. The van der Waals surface area contributed by atoms with Gasteiger partial charge < -0.3 is 19.3 Å². The highest BCUT2D eigenvalue weighted by molar-refractivity contribution is 5.23. The first-order valence-electron chi connectivity index (χ1n) is 8.65. The molecule has 4 heteroatoms. The summed E-state index contributed by atoms with van der Waals surface area (Å²) in [7, 11) is 0. The molecular formula is C19H30O4. The molecule has 1 saturated heterocycles. The van der Waals surface area contributed by atoms with Gasteiger partial charge in [-0.2, -0.15) is 0 Å². The maximum atomic E-state index is 10.00. The molecule has 1 aliphatic heterocycles. The molecule has 1 fully saturated rings. The van der Waals surface area contributed by atoms with E-state index < -0.39 is 6.10 Å². The number of benzene rings is 1. The Hall–Kier alpha value is -0.940. The van der Waals surface area contributed by atoms with Crippen molar-refractivity contribution in [3.63, 3.8) is 0 Å². The molecule has 1 heterocycles. The molecule has 0 saturated carbocycles. The Morgan fingerprint density at radius 2 is 2.00 bits per heavy atom. The standard InChI is InChI=1S/C19H30O4/c1-5-7-15-8-6-9-16(10-15)11-21-17-12-22-19(13(2)3)23-18(17)14(4)20/h6,8-10,13-14,17-20H,5,7,11-12H2,1-4H3/t14?,17-,18-,19+/m1/s1. The number of ether oxygens (including phenoxy) is 3. The van der Waals surface area contributed by atoms with Gasteiger partial charge in [0.1, 0.15) is 12.2 Å². The summed E-state index contributed by atoms with van der Waals surface area (Å²) in [6.45, 7) is 8.97. The van der Waals surface area contributed by atoms with Crippen molar-refractivity contribution in [3.05, 3.63) is 35.4 Å². The van der Waals surface area contributed by atoms with E-state index >= 15 is 0 Å². The molecule has 1 aliphatic rings. The summed E-state index contributed by atoms with van der Waals surface area (Å²) in [5.41, 5.74) is 2.47. The molecular weight excluding hydrogens is 292 g/mol. The molecule has 0 aromatic heterocycles. The maximum Gasteiger partial charge on any atom is 0.160 e. The molecule has 4 atom stereocenters. The quantitative estimate of drug-likeness (QED) is 0.837. The van der Waals surface area contributed by atoms with Gasteiger partial charge in [-0.05, 0) is 24.5 Å². The Morgan fingerprint density at radius 3 is 2.65 bits per heavy atom. The molecule has 0 amide bonds. The predicted molar refractivity (Wildman–Crippen MR) is 90.1 cm³/mol. The molecule has 130 valence electrons. The Balaban J connectivity index is 1.94. The van der Waals surface area contributed by atoms with Gasteiger partial charge in [0.15, 0.2) is 6.29 Å². The second kappa shape index (κ2) is 8.78. The van der Waals surface area contributed by atoms with Crippen molar-refractivity contribution in [2.75, 3.05) is 6.61 Å². The van der Waals surface area contributed by atoms with Crippen LogP contribution in [0.2, 0.25) is 0 Å². The van der Waals surface area contributed by atoms with Gasteiger partial charge in [0.2, 0.25) is 0 Å². The van der Waals surface area contributed by atoms with Gasteiger partial charge in [-0.3, -0.25) is 0 Å². The first-order chi connectivity index (χ1) is 11.0. The number of aliphatic hydroxyl groups is 1. The minimum absolute atomic E-state index is 0.250. The van der Waals surface area contributed by atoms with Gasteiger partial charge in [-0.25, -0.2) is 0 Å². The Labute approximate surface area is 139 Å². The number of rotatable bonds is 7. The van der Waals surface area contributed by atoms with Crippen molar-refractivity contribution in [1.29, 1.82) is 0 Å². The summed E-state index contributed by atoms with van der Waals surface area (Å²) in [5.74, 6) is 0.253. The van der Waals surface area contributed by atoms with Crippen LogP contribution in [0.5, 0.6) is 0 Å². The lowest BCUT2D eigenvalue weighted by molar-refractivity contribution is -0.291. The molecule has 0 bridgehead atoms. The first kappa shape index (κ1) is 18.4. The van der Waals surface area contributed by atoms with E-state index in [0.29, 0.717) is 13.2 Å². The zero-order valence-electron chi connectivity index (χ0n) is 14.7. The van der Waals surface area contributed by atoms with Crippen molar-refractivity contribution in [3.8, 4) is 0 Å². The molecule has 0 spiro atoms. The third-order valence-corrected chi connectivity index (χ3v) is 4.10. The van der Waals surface area contributed by atoms with Crippen LogP contribution < -0.4 is 0 Å². The van der Waals surface area contributed by atoms with E-state index in [9.17, 15) is 5.11 Å². The summed E-state index contributed by atoms with van der Waals surface area (Å²) < 4.78 is 17.6. The Kier molecular flexibility index (Phi) is 7.03. The number of hydrogen-bond donors (Lipinski definition) is 1. The lowest BCUT2D eigenvalue weighted by Crippen LogP contribution is -2.51. The third-order valence-electron chi connectivity index (χ3n) is 4.10. The monoisotopic (exact) mass is 322 g/mol.